The van der Waals surface area contributed by atoms with Gasteiger partial charge in [-0.3, -0.25) is 0 Å². The summed E-state index contributed by atoms with van der Waals surface area (Å²) in [6.07, 6.45) is -2.45. The molecule has 1 saturated heterocycles. The molecule has 0 radical (unpaired) electrons. The average Bonchev–Trinajstić information content (AvgIpc) is 3.02. The Balaban J connectivity index is 2.20. The zero-order chi connectivity index (χ0) is 19.8. The van der Waals surface area contributed by atoms with E-state index in [4.69, 9.17) is 17.2 Å². The van der Waals surface area contributed by atoms with E-state index in [0.29, 0.717) is 31.0 Å². The van der Waals surface area contributed by atoms with Crippen molar-refractivity contribution < 1.29 is 13.2 Å². The normalized spacial score (nSPS) is 17.5. The topological polar surface area (TPSA) is 107 Å². The Bertz CT molecular complexity index is 837. The molecule has 9 heteroatoms. The van der Waals surface area contributed by atoms with Crippen molar-refractivity contribution in [3.63, 3.8) is 0 Å². The first-order chi connectivity index (χ1) is 12.7. The van der Waals surface area contributed by atoms with Crippen LogP contribution in [0.1, 0.15) is 31.0 Å². The van der Waals surface area contributed by atoms with Gasteiger partial charge in [0.1, 0.15) is 5.82 Å². The van der Waals surface area contributed by atoms with Gasteiger partial charge in [-0.2, -0.15) is 13.2 Å². The molecule has 6 nitrogen and oxygen atoms in total. The molecule has 1 fully saturated rings. The van der Waals surface area contributed by atoms with Crippen molar-refractivity contribution in [2.45, 2.75) is 38.4 Å². The van der Waals surface area contributed by atoms with E-state index in [9.17, 15) is 13.2 Å². The molecule has 1 aromatic carbocycles. The number of hydrogen-bond donors (Lipinski definition) is 3. The zero-order valence-electron chi connectivity index (χ0n) is 15.1. The molecule has 2 aromatic rings. The minimum atomic E-state index is -4.67. The van der Waals surface area contributed by atoms with E-state index >= 15 is 0 Å². The summed E-state index contributed by atoms with van der Waals surface area (Å²) in [5, 5.41) is 0. The highest BCUT2D eigenvalue weighted by Crippen LogP contribution is 2.43. The molecule has 146 valence electrons. The molecule has 3 rings (SSSR count). The fourth-order valence-electron chi connectivity index (χ4n) is 3.32. The molecule has 1 aromatic heterocycles. The summed E-state index contributed by atoms with van der Waals surface area (Å²) in [7, 11) is 0. The summed E-state index contributed by atoms with van der Waals surface area (Å²) in [5.41, 5.74) is 16.4. The summed E-state index contributed by atoms with van der Waals surface area (Å²) >= 11 is 0. The molecule has 0 spiro atoms. The van der Waals surface area contributed by atoms with Crippen molar-refractivity contribution in [1.29, 1.82) is 0 Å². The van der Waals surface area contributed by atoms with E-state index in [-0.39, 0.29) is 23.1 Å². The smallest absolute Gasteiger partial charge is 0.398 e. The zero-order valence-corrected chi connectivity index (χ0v) is 15.1. The molecule has 1 atom stereocenters. The van der Waals surface area contributed by atoms with Crippen LogP contribution >= 0.6 is 0 Å². The standard InChI is InChI=1S/C18H23F3N6/c1-2-3-11-8-14(27-7-6-10(22)9-27)26-17(25-11)15-12(23)4-5-13(24)16(15)18(19,20)21/h4-5,8,10H,2-3,6-7,9,22-24H2,1H3. The van der Waals surface area contributed by atoms with E-state index in [2.05, 4.69) is 9.97 Å². The largest absolute Gasteiger partial charge is 0.419 e. The molecule has 0 bridgehead atoms. The van der Waals surface area contributed by atoms with Crippen LogP contribution < -0.4 is 22.1 Å². The number of nitrogens with two attached hydrogens (primary N) is 3. The van der Waals surface area contributed by atoms with Crippen LogP contribution in [0.4, 0.5) is 30.4 Å². The number of anilines is 3. The van der Waals surface area contributed by atoms with Gasteiger partial charge in [0.25, 0.3) is 0 Å². The summed E-state index contributed by atoms with van der Waals surface area (Å²) in [6.45, 7) is 3.27. The van der Waals surface area contributed by atoms with Gasteiger partial charge in [0.2, 0.25) is 0 Å². The van der Waals surface area contributed by atoms with Crippen LogP contribution in [0.5, 0.6) is 0 Å². The highest BCUT2D eigenvalue weighted by atomic mass is 19.4. The van der Waals surface area contributed by atoms with E-state index in [1.54, 1.807) is 6.07 Å². The first-order valence-electron chi connectivity index (χ1n) is 8.84. The molecular weight excluding hydrogens is 357 g/mol. The predicted octanol–water partition coefficient (Wildman–Crippen LogP) is 2.82. The van der Waals surface area contributed by atoms with Crippen molar-refractivity contribution in [3.8, 4) is 11.4 Å². The number of nitrogens with zero attached hydrogens (tertiary/aromatic N) is 3. The van der Waals surface area contributed by atoms with Gasteiger partial charge in [0.15, 0.2) is 5.82 Å². The average molecular weight is 380 g/mol. The molecule has 0 aliphatic carbocycles. The second-order valence-corrected chi connectivity index (χ2v) is 6.78. The summed E-state index contributed by atoms with van der Waals surface area (Å²) in [6, 6.07) is 4.32. The number of aryl methyl sites for hydroxylation is 1. The maximum atomic E-state index is 13.7. The molecule has 0 saturated carbocycles. The number of rotatable bonds is 4. The fraction of sp³-hybridized carbons (Fsp3) is 0.444. The third-order valence-corrected chi connectivity index (χ3v) is 4.60. The van der Waals surface area contributed by atoms with Crippen LogP contribution in [0.3, 0.4) is 0 Å². The molecule has 1 aliphatic rings. The van der Waals surface area contributed by atoms with Crippen molar-refractivity contribution in [3.05, 3.63) is 29.5 Å². The Hall–Kier alpha value is -2.55. The number of nitrogen functional groups attached to an aromatic ring is 2. The SMILES string of the molecule is CCCc1cc(N2CCC(N)C2)nc(-c2c(N)ccc(N)c2C(F)(F)F)n1. The summed E-state index contributed by atoms with van der Waals surface area (Å²) in [4.78, 5) is 10.7. The van der Waals surface area contributed by atoms with Gasteiger partial charge in [0, 0.05) is 42.3 Å². The van der Waals surface area contributed by atoms with Crippen molar-refractivity contribution >= 4 is 17.2 Å². The molecule has 1 aliphatic heterocycles. The van der Waals surface area contributed by atoms with Crippen LogP contribution in [0.2, 0.25) is 0 Å². The lowest BCUT2D eigenvalue weighted by atomic mass is 10.0. The van der Waals surface area contributed by atoms with Crippen molar-refractivity contribution in [1.82, 2.24) is 9.97 Å². The van der Waals surface area contributed by atoms with Gasteiger partial charge in [-0.15, -0.1) is 0 Å². The maximum Gasteiger partial charge on any atom is 0.419 e. The summed E-state index contributed by atoms with van der Waals surface area (Å²) in [5.74, 6) is 0.500. The highest BCUT2D eigenvalue weighted by Gasteiger charge is 2.38. The van der Waals surface area contributed by atoms with Crippen molar-refractivity contribution in [2.75, 3.05) is 29.5 Å². The second-order valence-electron chi connectivity index (χ2n) is 6.78. The van der Waals surface area contributed by atoms with E-state index in [0.717, 1.165) is 18.9 Å². The fourth-order valence-corrected chi connectivity index (χ4v) is 3.32. The first-order valence-corrected chi connectivity index (χ1v) is 8.84. The monoisotopic (exact) mass is 380 g/mol. The van der Waals surface area contributed by atoms with Gasteiger partial charge >= 0.3 is 6.18 Å². The Morgan fingerprint density at radius 3 is 2.48 bits per heavy atom. The Morgan fingerprint density at radius 2 is 1.89 bits per heavy atom. The van der Waals surface area contributed by atoms with E-state index in [1.165, 1.54) is 6.07 Å². The number of alkyl halides is 3. The van der Waals surface area contributed by atoms with E-state index < -0.39 is 17.4 Å². The third kappa shape index (κ3) is 3.92. The quantitative estimate of drug-likeness (QED) is 0.704. The van der Waals surface area contributed by atoms with Crippen molar-refractivity contribution in [2.24, 2.45) is 5.73 Å². The van der Waals surface area contributed by atoms with Crippen LogP contribution in [0.25, 0.3) is 11.4 Å². The maximum absolute atomic E-state index is 13.7. The number of halogens is 3. The molecule has 27 heavy (non-hydrogen) atoms. The number of hydrogen-bond acceptors (Lipinski definition) is 6. The Morgan fingerprint density at radius 1 is 1.19 bits per heavy atom. The second kappa shape index (κ2) is 7.22. The van der Waals surface area contributed by atoms with Gasteiger partial charge in [0.05, 0.1) is 11.1 Å². The lowest BCUT2D eigenvalue weighted by molar-refractivity contribution is -0.136. The molecule has 2 heterocycles. The van der Waals surface area contributed by atoms with Crippen LogP contribution in [-0.4, -0.2) is 29.1 Å². The Kier molecular flexibility index (Phi) is 5.14. The number of benzene rings is 1. The minimum absolute atomic E-state index is 0.0150. The van der Waals surface area contributed by atoms with Gasteiger partial charge < -0.3 is 22.1 Å². The van der Waals surface area contributed by atoms with Gasteiger partial charge in [-0.05, 0) is 25.0 Å². The van der Waals surface area contributed by atoms with Gasteiger partial charge in [-0.25, -0.2) is 9.97 Å². The minimum Gasteiger partial charge on any atom is -0.398 e. The third-order valence-electron chi connectivity index (χ3n) is 4.60. The summed E-state index contributed by atoms with van der Waals surface area (Å²) < 4.78 is 41.0. The lowest BCUT2D eigenvalue weighted by Gasteiger charge is -2.21. The van der Waals surface area contributed by atoms with Crippen LogP contribution in [0.15, 0.2) is 18.2 Å². The molecule has 0 amide bonds. The molecular formula is C18H23F3N6. The van der Waals surface area contributed by atoms with E-state index in [1.807, 2.05) is 11.8 Å². The molecule has 6 N–H and O–H groups in total. The number of aromatic nitrogens is 2. The predicted molar refractivity (Wildman–Crippen MR) is 100 cm³/mol. The molecule has 1 unspecified atom stereocenters. The Labute approximate surface area is 155 Å². The highest BCUT2D eigenvalue weighted by molar-refractivity contribution is 5.81. The van der Waals surface area contributed by atoms with Crippen LogP contribution in [0, 0.1) is 0 Å². The van der Waals surface area contributed by atoms with Crippen LogP contribution in [-0.2, 0) is 12.6 Å². The van der Waals surface area contributed by atoms with Gasteiger partial charge in [-0.1, -0.05) is 13.3 Å². The first kappa shape index (κ1) is 19.2. The lowest BCUT2D eigenvalue weighted by Crippen LogP contribution is -2.27.